The van der Waals surface area contributed by atoms with Crippen LogP contribution in [0, 0.1) is 0 Å². The van der Waals surface area contributed by atoms with Gasteiger partial charge in [-0.1, -0.05) is 79.5 Å². The highest BCUT2D eigenvalue weighted by atomic mass is 14.0. The van der Waals surface area contributed by atoms with Crippen LogP contribution >= 0.6 is 0 Å². The number of benzene rings is 1. The van der Waals surface area contributed by atoms with Crippen LogP contribution in [0.1, 0.15) is 25.0 Å². The first-order chi connectivity index (χ1) is 9.06. The van der Waals surface area contributed by atoms with Gasteiger partial charge in [0.1, 0.15) is 0 Å². The van der Waals surface area contributed by atoms with E-state index < -0.39 is 0 Å². The Morgan fingerprint density at radius 2 is 1.74 bits per heavy atom. The van der Waals surface area contributed by atoms with Gasteiger partial charge in [0.2, 0.25) is 0 Å². The normalized spacial score (nSPS) is 11.6. The molecule has 0 aliphatic carbocycles. The largest absolute Gasteiger partial charge is 0.0988 e. The quantitative estimate of drug-likeness (QED) is 0.584. The smallest absolute Gasteiger partial charge is 0.00318 e. The molecule has 0 nitrogen and oxygen atoms in total. The van der Waals surface area contributed by atoms with E-state index in [4.69, 9.17) is 0 Å². The molecule has 0 atom stereocenters. The molecule has 0 aliphatic heterocycles. The van der Waals surface area contributed by atoms with E-state index in [2.05, 4.69) is 63.1 Å². The lowest BCUT2D eigenvalue weighted by molar-refractivity contribution is 1.21. The van der Waals surface area contributed by atoms with Crippen molar-refractivity contribution >= 4 is 5.57 Å². The van der Waals surface area contributed by atoms with Crippen LogP contribution in [0.3, 0.4) is 0 Å². The fraction of sp³-hybridized carbons (Fsp3) is 0.158. The zero-order chi connectivity index (χ0) is 14.3. The van der Waals surface area contributed by atoms with Gasteiger partial charge >= 0.3 is 0 Å². The van der Waals surface area contributed by atoms with E-state index in [1.54, 1.807) is 6.08 Å². The molecule has 0 fully saturated rings. The third kappa shape index (κ3) is 4.97. The third-order valence-electron chi connectivity index (χ3n) is 3.05. The minimum absolute atomic E-state index is 0.851. The topological polar surface area (TPSA) is 0 Å². The first-order valence-corrected chi connectivity index (χ1v) is 6.46. The number of hydrogen-bond donors (Lipinski definition) is 0. The standard InChI is InChI=1S/C19H22/c1-6-15(3)8-9-17(5)19-12-10-18(11-13-19)14-16(4)7-2/h6-13H,2,4-5,14H2,1,3H3/b9-8-,15-6-. The first-order valence-electron chi connectivity index (χ1n) is 6.46. The molecule has 0 heteroatoms. The maximum atomic E-state index is 4.09. The fourth-order valence-corrected chi connectivity index (χ4v) is 1.60. The summed E-state index contributed by atoms with van der Waals surface area (Å²) in [7, 11) is 0. The van der Waals surface area contributed by atoms with Crippen LogP contribution in [-0.2, 0) is 6.42 Å². The van der Waals surface area contributed by atoms with Crippen molar-refractivity contribution < 1.29 is 0 Å². The molecular formula is C19H22. The summed E-state index contributed by atoms with van der Waals surface area (Å²) in [6.07, 6.45) is 8.86. The summed E-state index contributed by atoms with van der Waals surface area (Å²) in [5, 5.41) is 0. The average Bonchev–Trinajstić information content (AvgIpc) is 2.44. The highest BCUT2D eigenvalue weighted by Gasteiger charge is 1.97. The summed E-state index contributed by atoms with van der Waals surface area (Å²) in [6.45, 7) is 15.9. The summed E-state index contributed by atoms with van der Waals surface area (Å²) in [5.74, 6) is 0. The second-order valence-corrected chi connectivity index (χ2v) is 4.63. The first kappa shape index (κ1) is 15.0. The molecule has 0 saturated heterocycles. The van der Waals surface area contributed by atoms with E-state index in [-0.39, 0.29) is 0 Å². The Hall–Kier alpha value is -2.08. The molecule has 19 heavy (non-hydrogen) atoms. The summed E-state index contributed by atoms with van der Waals surface area (Å²) < 4.78 is 0. The average molecular weight is 250 g/mol. The second-order valence-electron chi connectivity index (χ2n) is 4.63. The van der Waals surface area contributed by atoms with E-state index >= 15 is 0 Å². The molecule has 0 radical (unpaired) electrons. The third-order valence-corrected chi connectivity index (χ3v) is 3.05. The molecule has 0 bridgehead atoms. The van der Waals surface area contributed by atoms with Crippen molar-refractivity contribution in [3.05, 3.63) is 90.6 Å². The van der Waals surface area contributed by atoms with E-state index in [0.29, 0.717) is 0 Å². The highest BCUT2D eigenvalue weighted by molar-refractivity contribution is 5.72. The maximum absolute atomic E-state index is 4.09. The number of hydrogen-bond acceptors (Lipinski definition) is 0. The summed E-state index contributed by atoms with van der Waals surface area (Å²) in [6, 6.07) is 8.43. The van der Waals surface area contributed by atoms with Gasteiger partial charge < -0.3 is 0 Å². The van der Waals surface area contributed by atoms with Crippen molar-refractivity contribution in [1.82, 2.24) is 0 Å². The van der Waals surface area contributed by atoms with Gasteiger partial charge in [0, 0.05) is 0 Å². The molecule has 1 rings (SSSR count). The van der Waals surface area contributed by atoms with E-state index in [1.807, 2.05) is 13.0 Å². The van der Waals surface area contributed by atoms with E-state index in [9.17, 15) is 0 Å². The van der Waals surface area contributed by atoms with Crippen molar-refractivity contribution in [2.75, 3.05) is 0 Å². The number of rotatable bonds is 6. The number of allylic oxidation sites excluding steroid dienone is 7. The van der Waals surface area contributed by atoms with Crippen molar-refractivity contribution in [3.8, 4) is 0 Å². The van der Waals surface area contributed by atoms with Crippen LogP contribution in [-0.4, -0.2) is 0 Å². The second kappa shape index (κ2) is 7.38. The summed E-state index contributed by atoms with van der Waals surface area (Å²) in [5.41, 5.74) is 5.69. The molecule has 0 unspecified atom stereocenters. The van der Waals surface area contributed by atoms with Crippen LogP contribution in [0.25, 0.3) is 5.57 Å². The van der Waals surface area contributed by atoms with Crippen molar-refractivity contribution in [3.63, 3.8) is 0 Å². The van der Waals surface area contributed by atoms with Gasteiger partial charge in [-0.05, 0) is 37.0 Å². The van der Waals surface area contributed by atoms with Gasteiger partial charge in [0.05, 0.1) is 0 Å². The lowest BCUT2D eigenvalue weighted by atomic mass is 10.0. The minimum Gasteiger partial charge on any atom is -0.0988 e. The van der Waals surface area contributed by atoms with Crippen LogP contribution in [0.15, 0.2) is 79.5 Å². The molecule has 0 N–H and O–H groups in total. The lowest BCUT2D eigenvalue weighted by Gasteiger charge is -2.04. The van der Waals surface area contributed by atoms with Crippen LogP contribution in [0.4, 0.5) is 0 Å². The molecule has 0 aliphatic rings. The van der Waals surface area contributed by atoms with Crippen LogP contribution < -0.4 is 0 Å². The monoisotopic (exact) mass is 250 g/mol. The van der Waals surface area contributed by atoms with Gasteiger partial charge in [-0.3, -0.25) is 0 Å². The summed E-state index contributed by atoms with van der Waals surface area (Å²) >= 11 is 0. The van der Waals surface area contributed by atoms with Crippen LogP contribution in [0.5, 0.6) is 0 Å². The van der Waals surface area contributed by atoms with Crippen molar-refractivity contribution in [2.45, 2.75) is 20.3 Å². The van der Waals surface area contributed by atoms with E-state index in [0.717, 1.165) is 23.1 Å². The Bertz CT molecular complexity index is 522. The molecule has 0 spiro atoms. The van der Waals surface area contributed by atoms with Gasteiger partial charge in [-0.15, -0.1) is 0 Å². The molecule has 0 heterocycles. The Kier molecular flexibility index (Phi) is 5.81. The highest BCUT2D eigenvalue weighted by Crippen LogP contribution is 2.17. The molecule has 1 aromatic carbocycles. The van der Waals surface area contributed by atoms with Gasteiger partial charge in [0.15, 0.2) is 0 Å². The molecule has 1 aromatic rings. The molecule has 0 amide bonds. The molecule has 0 saturated carbocycles. The van der Waals surface area contributed by atoms with Gasteiger partial charge in [-0.2, -0.15) is 0 Å². The van der Waals surface area contributed by atoms with E-state index in [1.165, 1.54) is 11.1 Å². The zero-order valence-electron chi connectivity index (χ0n) is 11.9. The predicted octanol–water partition coefficient (Wildman–Crippen LogP) is 5.51. The van der Waals surface area contributed by atoms with Gasteiger partial charge in [0.25, 0.3) is 0 Å². The lowest BCUT2D eigenvalue weighted by Crippen LogP contribution is -1.87. The Morgan fingerprint density at radius 3 is 2.26 bits per heavy atom. The fourth-order valence-electron chi connectivity index (χ4n) is 1.60. The SMILES string of the molecule is C=CC(=C)Cc1ccc(C(=C)/C=C\C(C)=C/C)cc1. The minimum atomic E-state index is 0.851. The predicted molar refractivity (Wildman–Crippen MR) is 87.1 cm³/mol. The Morgan fingerprint density at radius 1 is 1.11 bits per heavy atom. The maximum Gasteiger partial charge on any atom is -0.00318 e. The summed E-state index contributed by atoms with van der Waals surface area (Å²) in [4.78, 5) is 0. The molecule has 0 aromatic heterocycles. The van der Waals surface area contributed by atoms with Crippen molar-refractivity contribution in [1.29, 1.82) is 0 Å². The van der Waals surface area contributed by atoms with Crippen molar-refractivity contribution in [2.24, 2.45) is 0 Å². The Balaban J connectivity index is 2.76. The van der Waals surface area contributed by atoms with Gasteiger partial charge in [-0.25, -0.2) is 0 Å². The Labute approximate surface area is 117 Å². The van der Waals surface area contributed by atoms with Crippen LogP contribution in [0.2, 0.25) is 0 Å². The molecule has 98 valence electrons. The zero-order valence-corrected chi connectivity index (χ0v) is 11.9. The molecular weight excluding hydrogens is 228 g/mol.